The lowest BCUT2D eigenvalue weighted by atomic mass is 10.1. The zero-order valence-corrected chi connectivity index (χ0v) is 16.8. The molecule has 0 aromatic carbocycles. The normalized spacial score (nSPS) is 21.8. The van der Waals surface area contributed by atoms with Gasteiger partial charge in [-0.05, 0) is 33.1 Å². The van der Waals surface area contributed by atoms with Gasteiger partial charge >= 0.3 is 0 Å². The Hall–Kier alpha value is 0.460. The first-order valence-electron chi connectivity index (χ1n) is 8.43. The number of morpholine rings is 1. The Balaban J connectivity index is 2.66. The fourth-order valence-corrected chi connectivity index (χ4v) is 9.26. The Morgan fingerprint density at radius 1 is 1.27 bits per heavy atom. The Morgan fingerprint density at radius 2 is 1.86 bits per heavy atom. The van der Waals surface area contributed by atoms with E-state index in [2.05, 4.69) is 25.7 Å². The topological polar surface area (TPSA) is 38.8 Å². The Morgan fingerprint density at radius 3 is 2.32 bits per heavy atom. The van der Waals surface area contributed by atoms with E-state index in [0.29, 0.717) is 5.92 Å². The van der Waals surface area contributed by atoms with Gasteiger partial charge in [0.15, 0.2) is 0 Å². The molecule has 2 atom stereocenters. The molecule has 0 saturated carbocycles. The van der Waals surface area contributed by atoms with Crippen molar-refractivity contribution in [3.63, 3.8) is 0 Å². The van der Waals surface area contributed by atoms with Crippen LogP contribution >= 0.6 is 18.0 Å². The van der Waals surface area contributed by atoms with Crippen LogP contribution in [0.25, 0.3) is 0 Å². The van der Waals surface area contributed by atoms with Crippen molar-refractivity contribution in [2.75, 3.05) is 38.6 Å². The Bertz CT molecular complexity index is 365. The summed E-state index contributed by atoms with van der Waals surface area (Å²) in [5, 5.41) is 0. The highest BCUT2D eigenvalue weighted by Gasteiger charge is 2.39. The van der Waals surface area contributed by atoms with Crippen molar-refractivity contribution in [1.82, 2.24) is 4.90 Å². The average Bonchev–Trinajstić information content (AvgIpc) is 2.37. The molecular weight excluding hydrogens is 317 g/mol. The standard InChI is InChI=1S/C16H34NO3PS/c1-7-15(14(2)3)21(18,20-16(4,5)6)22-13-10-17-8-11-19-12-9-17/h14-15H,7-13H2,1-6H3. The van der Waals surface area contributed by atoms with Crippen LogP contribution in [0.5, 0.6) is 0 Å². The van der Waals surface area contributed by atoms with Gasteiger partial charge in [-0.3, -0.25) is 9.46 Å². The SMILES string of the molecule is CCC(C(C)C)P(=O)(OC(C)(C)C)SCCN1CCOCC1. The van der Waals surface area contributed by atoms with Gasteiger partial charge in [0.2, 0.25) is 0 Å². The fourth-order valence-electron chi connectivity index (χ4n) is 2.75. The van der Waals surface area contributed by atoms with Crippen LogP contribution in [-0.2, 0) is 13.8 Å². The molecule has 0 amide bonds. The lowest BCUT2D eigenvalue weighted by molar-refractivity contribution is 0.0410. The maximum absolute atomic E-state index is 13.5. The van der Waals surface area contributed by atoms with E-state index in [1.165, 1.54) is 0 Å². The van der Waals surface area contributed by atoms with Crippen LogP contribution < -0.4 is 0 Å². The summed E-state index contributed by atoms with van der Waals surface area (Å²) < 4.78 is 25.0. The fraction of sp³-hybridized carbons (Fsp3) is 1.00. The molecule has 0 bridgehead atoms. The van der Waals surface area contributed by atoms with Crippen LogP contribution in [0.1, 0.15) is 48.0 Å². The lowest BCUT2D eigenvalue weighted by Crippen LogP contribution is -2.37. The van der Waals surface area contributed by atoms with Gasteiger partial charge in [-0.1, -0.05) is 32.2 Å². The molecule has 0 aromatic heterocycles. The number of hydrogen-bond donors (Lipinski definition) is 0. The smallest absolute Gasteiger partial charge is 0.261 e. The van der Waals surface area contributed by atoms with Crippen LogP contribution in [0.2, 0.25) is 0 Å². The maximum atomic E-state index is 13.5. The van der Waals surface area contributed by atoms with Crippen molar-refractivity contribution in [2.24, 2.45) is 5.92 Å². The highest BCUT2D eigenvalue weighted by Crippen LogP contribution is 2.67. The summed E-state index contributed by atoms with van der Waals surface area (Å²) in [6, 6.07) is 0. The van der Waals surface area contributed by atoms with E-state index in [0.717, 1.165) is 45.0 Å². The lowest BCUT2D eigenvalue weighted by Gasteiger charge is -2.34. The molecule has 6 heteroatoms. The van der Waals surface area contributed by atoms with Crippen molar-refractivity contribution in [3.8, 4) is 0 Å². The van der Waals surface area contributed by atoms with E-state index in [-0.39, 0.29) is 11.3 Å². The van der Waals surface area contributed by atoms with Crippen molar-refractivity contribution >= 4 is 18.0 Å². The number of hydrogen-bond acceptors (Lipinski definition) is 5. The molecule has 1 rings (SSSR count). The highest BCUT2D eigenvalue weighted by atomic mass is 32.7. The maximum Gasteiger partial charge on any atom is 0.261 e. The van der Waals surface area contributed by atoms with Gasteiger partial charge in [0, 0.05) is 31.0 Å². The van der Waals surface area contributed by atoms with Crippen molar-refractivity contribution in [3.05, 3.63) is 0 Å². The highest BCUT2D eigenvalue weighted by molar-refractivity contribution is 8.56. The number of nitrogens with zero attached hydrogens (tertiary/aromatic N) is 1. The summed E-state index contributed by atoms with van der Waals surface area (Å²) in [4.78, 5) is 2.38. The molecule has 0 spiro atoms. The van der Waals surface area contributed by atoms with Gasteiger partial charge in [0.05, 0.1) is 18.8 Å². The van der Waals surface area contributed by atoms with E-state index in [1.54, 1.807) is 11.4 Å². The minimum absolute atomic E-state index is 0.126. The van der Waals surface area contributed by atoms with Gasteiger partial charge in [-0.2, -0.15) is 0 Å². The third-order valence-corrected chi connectivity index (χ3v) is 9.74. The second-order valence-electron chi connectivity index (χ2n) is 7.25. The predicted molar refractivity (Wildman–Crippen MR) is 97.1 cm³/mol. The molecule has 1 saturated heterocycles. The van der Waals surface area contributed by atoms with Crippen molar-refractivity contribution in [2.45, 2.75) is 59.2 Å². The first-order chi connectivity index (χ1) is 10.2. The molecule has 1 fully saturated rings. The van der Waals surface area contributed by atoms with Gasteiger partial charge in [0.1, 0.15) is 0 Å². The van der Waals surface area contributed by atoms with E-state index in [1.807, 2.05) is 20.8 Å². The summed E-state index contributed by atoms with van der Waals surface area (Å²) >= 11 is 1.56. The van der Waals surface area contributed by atoms with Crippen LogP contribution in [0.3, 0.4) is 0 Å². The first kappa shape index (κ1) is 20.5. The molecular formula is C16H34NO3PS. The van der Waals surface area contributed by atoms with Gasteiger partial charge in [-0.15, -0.1) is 0 Å². The molecule has 1 heterocycles. The molecule has 1 aliphatic rings. The second kappa shape index (κ2) is 9.08. The predicted octanol–water partition coefficient (Wildman–Crippen LogP) is 4.49. The van der Waals surface area contributed by atoms with Crippen LogP contribution in [0.15, 0.2) is 0 Å². The van der Waals surface area contributed by atoms with Crippen LogP contribution in [0, 0.1) is 5.92 Å². The molecule has 0 N–H and O–H groups in total. The third kappa shape index (κ3) is 6.92. The molecule has 0 aromatic rings. The molecule has 1 aliphatic heterocycles. The number of ether oxygens (including phenoxy) is 1. The van der Waals surface area contributed by atoms with E-state index in [4.69, 9.17) is 9.26 Å². The minimum Gasteiger partial charge on any atom is -0.379 e. The average molecular weight is 351 g/mol. The third-order valence-electron chi connectivity index (χ3n) is 3.78. The van der Waals surface area contributed by atoms with E-state index < -0.39 is 6.57 Å². The van der Waals surface area contributed by atoms with Crippen molar-refractivity contribution in [1.29, 1.82) is 0 Å². The minimum atomic E-state index is -2.72. The summed E-state index contributed by atoms with van der Waals surface area (Å²) in [5.41, 5.74) is -0.245. The molecule has 132 valence electrons. The zero-order chi connectivity index (χ0) is 16.8. The van der Waals surface area contributed by atoms with E-state index >= 15 is 0 Å². The summed E-state index contributed by atoms with van der Waals surface area (Å²) in [6.07, 6.45) is 0.898. The molecule has 4 nitrogen and oxygen atoms in total. The summed E-state index contributed by atoms with van der Waals surface area (Å²) in [6.45, 7) is 14.2. The number of rotatable bonds is 8. The van der Waals surface area contributed by atoms with Crippen LogP contribution in [-0.4, -0.2) is 54.8 Å². The zero-order valence-electron chi connectivity index (χ0n) is 15.1. The van der Waals surface area contributed by atoms with Crippen LogP contribution in [0.4, 0.5) is 0 Å². The molecule has 2 unspecified atom stereocenters. The van der Waals surface area contributed by atoms with Gasteiger partial charge in [0.25, 0.3) is 6.57 Å². The summed E-state index contributed by atoms with van der Waals surface area (Å²) in [7, 11) is 0. The van der Waals surface area contributed by atoms with Crippen molar-refractivity contribution < 1.29 is 13.8 Å². The van der Waals surface area contributed by atoms with Gasteiger partial charge in [-0.25, -0.2) is 0 Å². The Kier molecular flexibility index (Phi) is 8.46. The largest absolute Gasteiger partial charge is 0.379 e. The van der Waals surface area contributed by atoms with Gasteiger partial charge < -0.3 is 9.26 Å². The molecule has 22 heavy (non-hydrogen) atoms. The van der Waals surface area contributed by atoms with E-state index in [9.17, 15) is 4.57 Å². The summed E-state index contributed by atoms with van der Waals surface area (Å²) in [5.74, 6) is 1.23. The second-order valence-corrected chi connectivity index (χ2v) is 12.1. The monoisotopic (exact) mass is 351 g/mol. The molecule has 0 radical (unpaired) electrons. The first-order valence-corrected chi connectivity index (χ1v) is 11.7. The quantitative estimate of drug-likeness (QED) is 0.602. The Labute approximate surface area is 140 Å². The molecule has 0 aliphatic carbocycles.